The summed E-state index contributed by atoms with van der Waals surface area (Å²) in [4.78, 5) is 26.9. The van der Waals surface area contributed by atoms with Crippen LogP contribution < -0.4 is 5.32 Å². The Morgan fingerprint density at radius 2 is 1.88 bits per heavy atom. The third kappa shape index (κ3) is 2.79. The third-order valence-corrected chi connectivity index (χ3v) is 5.60. The van der Waals surface area contributed by atoms with Crippen molar-refractivity contribution in [2.45, 2.75) is 38.6 Å². The van der Waals surface area contributed by atoms with Crippen LogP contribution in [0.2, 0.25) is 0 Å². The predicted molar refractivity (Wildman–Crippen MR) is 91.8 cm³/mol. The van der Waals surface area contributed by atoms with Crippen LogP contribution >= 0.6 is 0 Å². The maximum Gasteiger partial charge on any atom is 0.252 e. The number of aromatic nitrogens is 1. The molecule has 24 heavy (non-hydrogen) atoms. The van der Waals surface area contributed by atoms with E-state index in [9.17, 15) is 9.59 Å². The third-order valence-electron chi connectivity index (χ3n) is 5.60. The van der Waals surface area contributed by atoms with E-state index in [4.69, 9.17) is 0 Å². The molecule has 2 aromatic heterocycles. The molecule has 0 aromatic carbocycles. The number of nitrogens with one attached hydrogen (secondary N) is 1. The van der Waals surface area contributed by atoms with E-state index in [1.165, 1.54) is 12.8 Å². The van der Waals surface area contributed by atoms with Crippen molar-refractivity contribution in [1.82, 2.24) is 14.6 Å². The number of piperidine rings is 1. The first-order valence-corrected chi connectivity index (χ1v) is 8.73. The fourth-order valence-electron chi connectivity index (χ4n) is 3.67. The molecule has 1 N–H and O–H groups in total. The van der Waals surface area contributed by atoms with Gasteiger partial charge in [-0.15, -0.1) is 0 Å². The van der Waals surface area contributed by atoms with Crippen LogP contribution in [-0.4, -0.2) is 40.2 Å². The van der Waals surface area contributed by atoms with Crippen LogP contribution in [-0.2, 0) is 4.79 Å². The number of carbonyl (C=O) groups is 2. The van der Waals surface area contributed by atoms with Crippen molar-refractivity contribution in [2.24, 2.45) is 5.41 Å². The number of fused-ring (bicyclic) bond motifs is 1. The minimum absolute atomic E-state index is 0.0302. The summed E-state index contributed by atoms with van der Waals surface area (Å²) in [6.07, 6.45) is 8.67. The summed E-state index contributed by atoms with van der Waals surface area (Å²) in [6, 6.07) is 7.01. The molecule has 0 bridgehead atoms. The van der Waals surface area contributed by atoms with Crippen LogP contribution in [0.3, 0.4) is 0 Å². The number of hydrogen-bond donors (Lipinski definition) is 1. The van der Waals surface area contributed by atoms with Gasteiger partial charge in [-0.3, -0.25) is 9.59 Å². The van der Waals surface area contributed by atoms with Gasteiger partial charge in [0.05, 0.1) is 0 Å². The molecule has 1 spiro atoms. The van der Waals surface area contributed by atoms with Crippen LogP contribution in [0, 0.1) is 5.41 Å². The standard InChI is InChI=1S/C19H23N3O2/c1-14(18(24)22-11-7-19(5-6-19)8-12-22)20-17(23)15-4-10-21-9-2-3-16(21)13-15/h2-4,9-10,13-14H,5-8,11-12H2,1H3,(H,20,23)/t14-/m1/s1. The summed E-state index contributed by atoms with van der Waals surface area (Å²) in [5, 5.41) is 2.85. The van der Waals surface area contributed by atoms with E-state index in [1.54, 1.807) is 13.0 Å². The molecule has 0 radical (unpaired) electrons. The summed E-state index contributed by atoms with van der Waals surface area (Å²) >= 11 is 0. The molecule has 1 aliphatic heterocycles. The van der Waals surface area contributed by atoms with Gasteiger partial charge in [0.25, 0.3) is 5.91 Å². The second-order valence-corrected chi connectivity index (χ2v) is 7.28. The highest BCUT2D eigenvalue weighted by Gasteiger charge is 2.45. The van der Waals surface area contributed by atoms with Crippen molar-refractivity contribution in [1.29, 1.82) is 0 Å². The fraction of sp³-hybridized carbons (Fsp3) is 0.474. The summed E-state index contributed by atoms with van der Waals surface area (Å²) in [6.45, 7) is 3.43. The first-order chi connectivity index (χ1) is 11.6. The Balaban J connectivity index is 1.38. The Kier molecular flexibility index (Phi) is 3.59. The Hall–Kier alpha value is -2.30. The van der Waals surface area contributed by atoms with Crippen molar-refractivity contribution >= 4 is 17.3 Å². The van der Waals surface area contributed by atoms with Gasteiger partial charge in [0.1, 0.15) is 6.04 Å². The van der Waals surface area contributed by atoms with E-state index < -0.39 is 6.04 Å². The van der Waals surface area contributed by atoms with Crippen molar-refractivity contribution in [3.63, 3.8) is 0 Å². The summed E-state index contributed by atoms with van der Waals surface area (Å²) < 4.78 is 1.95. The number of nitrogens with zero attached hydrogens (tertiary/aromatic N) is 2. The number of likely N-dealkylation sites (tertiary alicyclic amines) is 1. The molecule has 1 atom stereocenters. The quantitative estimate of drug-likeness (QED) is 0.942. The van der Waals surface area contributed by atoms with Crippen molar-refractivity contribution < 1.29 is 9.59 Å². The van der Waals surface area contributed by atoms with Gasteiger partial charge in [-0.1, -0.05) is 0 Å². The largest absolute Gasteiger partial charge is 0.341 e. The zero-order chi connectivity index (χ0) is 16.7. The molecule has 2 fully saturated rings. The topological polar surface area (TPSA) is 53.8 Å². The Labute approximate surface area is 141 Å². The van der Waals surface area contributed by atoms with Gasteiger partial charge in [-0.05, 0) is 62.3 Å². The Morgan fingerprint density at radius 1 is 1.12 bits per heavy atom. The molecule has 2 aliphatic rings. The molecule has 2 amide bonds. The van der Waals surface area contributed by atoms with Crippen LogP contribution in [0.5, 0.6) is 0 Å². The smallest absolute Gasteiger partial charge is 0.252 e. The lowest BCUT2D eigenvalue weighted by atomic mass is 9.93. The van der Waals surface area contributed by atoms with Gasteiger partial charge in [0, 0.05) is 36.6 Å². The highest BCUT2D eigenvalue weighted by Crippen LogP contribution is 2.53. The fourth-order valence-corrected chi connectivity index (χ4v) is 3.67. The van der Waals surface area contributed by atoms with E-state index in [1.807, 2.05) is 39.9 Å². The number of hydrogen-bond acceptors (Lipinski definition) is 2. The van der Waals surface area contributed by atoms with Crippen LogP contribution in [0.1, 0.15) is 43.0 Å². The number of carbonyl (C=O) groups excluding carboxylic acids is 2. The number of rotatable bonds is 3. The zero-order valence-electron chi connectivity index (χ0n) is 14.0. The monoisotopic (exact) mass is 325 g/mol. The molecule has 3 heterocycles. The second-order valence-electron chi connectivity index (χ2n) is 7.28. The van der Waals surface area contributed by atoms with Gasteiger partial charge in [0.15, 0.2) is 0 Å². The highest BCUT2D eigenvalue weighted by molar-refractivity contribution is 5.98. The van der Waals surface area contributed by atoms with E-state index in [0.29, 0.717) is 11.0 Å². The lowest BCUT2D eigenvalue weighted by Gasteiger charge is -2.33. The van der Waals surface area contributed by atoms with Gasteiger partial charge in [0.2, 0.25) is 5.91 Å². The molecule has 1 aliphatic carbocycles. The molecule has 1 saturated heterocycles. The van der Waals surface area contributed by atoms with Gasteiger partial charge < -0.3 is 14.6 Å². The molecule has 5 heteroatoms. The molecule has 2 aromatic rings. The molecule has 5 nitrogen and oxygen atoms in total. The highest BCUT2D eigenvalue weighted by atomic mass is 16.2. The van der Waals surface area contributed by atoms with Crippen molar-refractivity contribution in [2.75, 3.05) is 13.1 Å². The minimum Gasteiger partial charge on any atom is -0.341 e. The Bertz CT molecular complexity index is 781. The summed E-state index contributed by atoms with van der Waals surface area (Å²) in [5.74, 6) is -0.169. The molecule has 1 saturated carbocycles. The SMILES string of the molecule is C[C@@H](NC(=O)c1ccn2cccc2c1)C(=O)N1CCC2(CC1)CC2. The number of amides is 2. The zero-order valence-corrected chi connectivity index (χ0v) is 14.0. The number of pyridine rings is 1. The van der Waals surface area contributed by atoms with E-state index >= 15 is 0 Å². The molecule has 126 valence electrons. The minimum atomic E-state index is -0.492. The second kappa shape index (κ2) is 5.65. The first-order valence-electron chi connectivity index (χ1n) is 8.73. The van der Waals surface area contributed by atoms with Gasteiger partial charge in [-0.25, -0.2) is 0 Å². The lowest BCUT2D eigenvalue weighted by Crippen LogP contribution is -2.49. The predicted octanol–water partition coefficient (Wildman–Crippen LogP) is 2.46. The lowest BCUT2D eigenvalue weighted by molar-refractivity contribution is -0.134. The molecule has 0 unspecified atom stereocenters. The van der Waals surface area contributed by atoms with Crippen LogP contribution in [0.25, 0.3) is 5.52 Å². The summed E-state index contributed by atoms with van der Waals surface area (Å²) in [5.41, 5.74) is 2.10. The molecule has 4 rings (SSSR count). The molecular formula is C19H23N3O2. The van der Waals surface area contributed by atoms with E-state index in [0.717, 1.165) is 31.4 Å². The molecular weight excluding hydrogens is 302 g/mol. The maximum absolute atomic E-state index is 12.6. The Morgan fingerprint density at radius 3 is 2.58 bits per heavy atom. The average Bonchev–Trinajstić information content (AvgIpc) is 3.18. The van der Waals surface area contributed by atoms with E-state index in [-0.39, 0.29) is 11.8 Å². The van der Waals surface area contributed by atoms with Crippen LogP contribution in [0.4, 0.5) is 0 Å². The summed E-state index contributed by atoms with van der Waals surface area (Å²) in [7, 11) is 0. The van der Waals surface area contributed by atoms with Gasteiger partial charge in [-0.2, -0.15) is 0 Å². The van der Waals surface area contributed by atoms with Crippen molar-refractivity contribution in [3.05, 3.63) is 42.2 Å². The van der Waals surface area contributed by atoms with E-state index in [2.05, 4.69) is 5.32 Å². The first kappa shape index (κ1) is 15.2. The average molecular weight is 325 g/mol. The van der Waals surface area contributed by atoms with Gasteiger partial charge >= 0.3 is 0 Å². The normalized spacial score (nSPS) is 20.1. The van der Waals surface area contributed by atoms with Crippen molar-refractivity contribution in [3.8, 4) is 0 Å². The van der Waals surface area contributed by atoms with Crippen LogP contribution in [0.15, 0.2) is 36.7 Å². The maximum atomic E-state index is 12.6.